The third-order valence-corrected chi connectivity index (χ3v) is 2.65. The van der Waals surface area contributed by atoms with Crippen molar-refractivity contribution in [2.75, 3.05) is 0 Å². The van der Waals surface area contributed by atoms with E-state index in [0.717, 1.165) is 11.4 Å². The average Bonchev–Trinajstić information content (AvgIpc) is 2.66. The topological polar surface area (TPSA) is 78.7 Å². The van der Waals surface area contributed by atoms with Gasteiger partial charge in [0, 0.05) is 12.7 Å². The first kappa shape index (κ1) is 11.4. The summed E-state index contributed by atoms with van der Waals surface area (Å²) in [6.07, 6.45) is 0. The zero-order valence-corrected chi connectivity index (χ0v) is 10.4. The van der Waals surface area contributed by atoms with Gasteiger partial charge in [-0.1, -0.05) is 0 Å². The number of rotatable bonds is 2. The monoisotopic (exact) mass is 233 g/mol. The molecule has 0 fully saturated rings. The van der Waals surface area contributed by atoms with Gasteiger partial charge in [-0.05, 0) is 26.8 Å². The predicted octanol–water partition coefficient (Wildman–Crippen LogP) is 0.630. The summed E-state index contributed by atoms with van der Waals surface area (Å²) >= 11 is 0. The van der Waals surface area contributed by atoms with E-state index in [0.29, 0.717) is 17.1 Å². The number of primary amides is 1. The van der Waals surface area contributed by atoms with Crippen molar-refractivity contribution in [3.8, 4) is 5.82 Å². The number of aryl methyl sites for hydroxylation is 4. The number of amides is 1. The maximum atomic E-state index is 11.5. The Hall–Kier alpha value is -2.11. The van der Waals surface area contributed by atoms with Crippen LogP contribution in [-0.2, 0) is 7.05 Å². The minimum atomic E-state index is -0.488. The molecular weight excluding hydrogens is 218 g/mol. The number of carbonyl (C=O) groups is 1. The first-order valence-electron chi connectivity index (χ1n) is 5.29. The fraction of sp³-hybridized carbons (Fsp3) is 0.364. The SMILES string of the molecule is Cc1cc(C)n(-c2c(C(N)=O)c(C)nn2C)n1. The van der Waals surface area contributed by atoms with Crippen molar-refractivity contribution in [1.82, 2.24) is 19.6 Å². The van der Waals surface area contributed by atoms with E-state index < -0.39 is 5.91 Å². The van der Waals surface area contributed by atoms with Gasteiger partial charge in [0.1, 0.15) is 5.56 Å². The Bertz CT molecular complexity index is 593. The van der Waals surface area contributed by atoms with Crippen LogP contribution in [0.2, 0.25) is 0 Å². The maximum absolute atomic E-state index is 11.5. The second-order valence-corrected chi connectivity index (χ2v) is 4.11. The van der Waals surface area contributed by atoms with Gasteiger partial charge < -0.3 is 5.73 Å². The van der Waals surface area contributed by atoms with Gasteiger partial charge >= 0.3 is 0 Å². The van der Waals surface area contributed by atoms with E-state index in [1.807, 2.05) is 19.9 Å². The highest BCUT2D eigenvalue weighted by Gasteiger charge is 2.21. The molecule has 17 heavy (non-hydrogen) atoms. The van der Waals surface area contributed by atoms with Crippen LogP contribution >= 0.6 is 0 Å². The van der Waals surface area contributed by atoms with Crippen molar-refractivity contribution in [2.45, 2.75) is 20.8 Å². The second kappa shape index (κ2) is 3.73. The Morgan fingerprint density at radius 2 is 1.94 bits per heavy atom. The number of hydrogen-bond donors (Lipinski definition) is 1. The van der Waals surface area contributed by atoms with Crippen LogP contribution in [0, 0.1) is 20.8 Å². The minimum Gasteiger partial charge on any atom is -0.365 e. The summed E-state index contributed by atoms with van der Waals surface area (Å²) in [6.45, 7) is 5.58. The molecule has 0 aromatic carbocycles. The van der Waals surface area contributed by atoms with Crippen LogP contribution in [0.5, 0.6) is 0 Å². The largest absolute Gasteiger partial charge is 0.365 e. The Morgan fingerprint density at radius 3 is 2.41 bits per heavy atom. The molecule has 0 unspecified atom stereocenters. The molecule has 0 radical (unpaired) electrons. The molecule has 2 aromatic heterocycles. The fourth-order valence-electron chi connectivity index (χ4n) is 2.02. The van der Waals surface area contributed by atoms with Gasteiger partial charge in [-0.2, -0.15) is 10.2 Å². The van der Waals surface area contributed by atoms with Gasteiger partial charge in [-0.25, -0.2) is 9.36 Å². The lowest BCUT2D eigenvalue weighted by atomic mass is 10.2. The third-order valence-electron chi connectivity index (χ3n) is 2.65. The standard InChI is InChI=1S/C11H15N5O/c1-6-5-7(2)16(13-6)11-9(10(12)17)8(3)14-15(11)4/h5H,1-4H3,(H2,12,17). The van der Waals surface area contributed by atoms with Crippen LogP contribution in [-0.4, -0.2) is 25.5 Å². The van der Waals surface area contributed by atoms with Crippen LogP contribution in [0.3, 0.4) is 0 Å². The molecule has 0 aliphatic heterocycles. The minimum absolute atomic E-state index is 0.415. The van der Waals surface area contributed by atoms with E-state index in [4.69, 9.17) is 5.73 Å². The third kappa shape index (κ3) is 1.71. The second-order valence-electron chi connectivity index (χ2n) is 4.11. The zero-order valence-electron chi connectivity index (χ0n) is 10.4. The Balaban J connectivity index is 2.75. The van der Waals surface area contributed by atoms with Crippen molar-refractivity contribution in [2.24, 2.45) is 12.8 Å². The lowest BCUT2D eigenvalue weighted by molar-refractivity contribution is 0.0999. The van der Waals surface area contributed by atoms with Crippen LogP contribution in [0.1, 0.15) is 27.4 Å². The van der Waals surface area contributed by atoms with E-state index in [-0.39, 0.29) is 0 Å². The summed E-state index contributed by atoms with van der Waals surface area (Å²) in [4.78, 5) is 11.5. The zero-order chi connectivity index (χ0) is 12.7. The van der Waals surface area contributed by atoms with Gasteiger partial charge in [-0.15, -0.1) is 0 Å². The van der Waals surface area contributed by atoms with Gasteiger partial charge in [0.05, 0.1) is 11.4 Å². The molecule has 2 rings (SSSR count). The fourth-order valence-corrected chi connectivity index (χ4v) is 2.02. The maximum Gasteiger partial charge on any atom is 0.254 e. The lowest BCUT2D eigenvalue weighted by Crippen LogP contribution is -2.17. The average molecular weight is 233 g/mol. The van der Waals surface area contributed by atoms with E-state index in [2.05, 4.69) is 10.2 Å². The van der Waals surface area contributed by atoms with Crippen molar-refractivity contribution in [3.05, 3.63) is 28.7 Å². The van der Waals surface area contributed by atoms with Crippen LogP contribution in [0.15, 0.2) is 6.07 Å². The molecule has 0 spiro atoms. The highest BCUT2D eigenvalue weighted by molar-refractivity contribution is 5.97. The molecule has 0 bridgehead atoms. The first-order chi connectivity index (χ1) is 7.91. The van der Waals surface area contributed by atoms with E-state index >= 15 is 0 Å². The predicted molar refractivity (Wildman–Crippen MR) is 63.1 cm³/mol. The molecule has 6 heteroatoms. The number of hydrogen-bond acceptors (Lipinski definition) is 3. The van der Waals surface area contributed by atoms with Crippen molar-refractivity contribution in [1.29, 1.82) is 0 Å². The van der Waals surface area contributed by atoms with Crippen LogP contribution in [0.25, 0.3) is 5.82 Å². The van der Waals surface area contributed by atoms with E-state index in [9.17, 15) is 4.79 Å². The summed E-state index contributed by atoms with van der Waals surface area (Å²) in [5.41, 5.74) is 8.24. The molecule has 2 heterocycles. The highest BCUT2D eigenvalue weighted by Crippen LogP contribution is 2.18. The molecule has 0 aliphatic carbocycles. The number of aromatic nitrogens is 4. The molecule has 1 amide bonds. The number of nitrogens with zero attached hydrogens (tertiary/aromatic N) is 4. The van der Waals surface area contributed by atoms with Crippen molar-refractivity contribution >= 4 is 5.91 Å². The van der Waals surface area contributed by atoms with E-state index in [1.54, 1.807) is 23.3 Å². The van der Waals surface area contributed by atoms with Crippen molar-refractivity contribution < 1.29 is 4.79 Å². The number of carbonyl (C=O) groups excluding carboxylic acids is 1. The van der Waals surface area contributed by atoms with Crippen LogP contribution < -0.4 is 5.73 Å². The molecule has 6 nitrogen and oxygen atoms in total. The Morgan fingerprint density at radius 1 is 1.29 bits per heavy atom. The molecule has 90 valence electrons. The highest BCUT2D eigenvalue weighted by atomic mass is 16.1. The molecule has 0 atom stereocenters. The summed E-state index contributed by atoms with van der Waals surface area (Å²) in [6, 6.07) is 1.94. The molecular formula is C11H15N5O. The molecule has 0 saturated heterocycles. The lowest BCUT2D eigenvalue weighted by Gasteiger charge is -2.06. The summed E-state index contributed by atoms with van der Waals surface area (Å²) < 4.78 is 3.31. The molecule has 2 aromatic rings. The molecule has 0 aliphatic rings. The summed E-state index contributed by atoms with van der Waals surface area (Å²) in [7, 11) is 1.77. The normalized spacial score (nSPS) is 10.8. The summed E-state index contributed by atoms with van der Waals surface area (Å²) in [5, 5.41) is 8.56. The smallest absolute Gasteiger partial charge is 0.254 e. The van der Waals surface area contributed by atoms with E-state index in [1.165, 1.54) is 0 Å². The molecule has 0 saturated carbocycles. The van der Waals surface area contributed by atoms with Crippen LogP contribution in [0.4, 0.5) is 0 Å². The van der Waals surface area contributed by atoms with Gasteiger partial charge in [0.2, 0.25) is 0 Å². The Labute approximate surface area is 99.0 Å². The van der Waals surface area contributed by atoms with Gasteiger partial charge in [0.25, 0.3) is 5.91 Å². The first-order valence-corrected chi connectivity index (χ1v) is 5.29. The molecule has 2 N–H and O–H groups in total. The van der Waals surface area contributed by atoms with Crippen molar-refractivity contribution in [3.63, 3.8) is 0 Å². The van der Waals surface area contributed by atoms with Gasteiger partial charge in [-0.3, -0.25) is 4.79 Å². The Kier molecular flexibility index (Phi) is 2.49. The summed E-state index contributed by atoms with van der Waals surface area (Å²) in [5.74, 6) is 0.124. The quantitative estimate of drug-likeness (QED) is 0.826. The van der Waals surface area contributed by atoms with Gasteiger partial charge in [0.15, 0.2) is 5.82 Å². The number of nitrogens with two attached hydrogens (primary N) is 1.